The van der Waals surface area contributed by atoms with Gasteiger partial charge in [0.15, 0.2) is 0 Å². The van der Waals surface area contributed by atoms with E-state index in [1.165, 1.54) is 0 Å². The first-order valence-corrected chi connectivity index (χ1v) is 9.12. The number of aryl methyl sites for hydroxylation is 1. The number of imidazole rings is 1. The minimum absolute atomic E-state index is 0.139. The summed E-state index contributed by atoms with van der Waals surface area (Å²) >= 11 is 0. The molecule has 0 bridgehead atoms. The van der Waals surface area contributed by atoms with Crippen molar-refractivity contribution >= 4 is 16.9 Å². The van der Waals surface area contributed by atoms with Gasteiger partial charge in [0.1, 0.15) is 11.6 Å². The second kappa shape index (κ2) is 7.56. The molecule has 28 heavy (non-hydrogen) atoms. The largest absolute Gasteiger partial charge is 0.496 e. The Hall–Kier alpha value is -3.60. The zero-order valence-corrected chi connectivity index (χ0v) is 15.8. The molecular formula is C23H21N3O2. The fourth-order valence-corrected chi connectivity index (χ4v) is 3.37. The molecule has 0 saturated carbocycles. The number of nitrogens with zero attached hydrogens (tertiary/aromatic N) is 2. The molecular weight excluding hydrogens is 350 g/mol. The zero-order chi connectivity index (χ0) is 19.5. The highest BCUT2D eigenvalue weighted by atomic mass is 16.5. The van der Waals surface area contributed by atoms with Gasteiger partial charge in [-0.2, -0.15) is 0 Å². The number of benzene rings is 3. The standard InChI is InChI=1S/C23H21N3O2/c1-16-25-20-14-17(12-13-21(20)26(16)19-9-4-3-5-10-19)23(27)24-15-18-8-6-7-11-22(18)28-2/h3-14H,15H2,1-2H3,(H,24,27). The molecule has 4 rings (SSSR count). The van der Waals surface area contributed by atoms with E-state index in [0.717, 1.165) is 33.9 Å². The molecule has 0 spiro atoms. The normalized spacial score (nSPS) is 10.8. The van der Waals surface area contributed by atoms with E-state index in [4.69, 9.17) is 4.74 Å². The summed E-state index contributed by atoms with van der Waals surface area (Å²) in [6, 6.07) is 23.3. The number of nitrogens with one attached hydrogen (secondary N) is 1. The second-order valence-electron chi connectivity index (χ2n) is 6.53. The van der Waals surface area contributed by atoms with E-state index in [1.54, 1.807) is 7.11 Å². The van der Waals surface area contributed by atoms with Gasteiger partial charge < -0.3 is 10.1 Å². The summed E-state index contributed by atoms with van der Waals surface area (Å²) in [6.45, 7) is 2.37. The van der Waals surface area contributed by atoms with Crippen molar-refractivity contribution in [3.63, 3.8) is 0 Å². The number of para-hydroxylation sites is 2. The average molecular weight is 371 g/mol. The molecule has 0 unspecified atom stereocenters. The lowest BCUT2D eigenvalue weighted by Gasteiger charge is -2.10. The van der Waals surface area contributed by atoms with Gasteiger partial charge in [-0.3, -0.25) is 9.36 Å². The van der Waals surface area contributed by atoms with Gasteiger partial charge in [-0.25, -0.2) is 4.98 Å². The number of aromatic nitrogens is 2. The maximum absolute atomic E-state index is 12.6. The predicted molar refractivity (Wildman–Crippen MR) is 110 cm³/mol. The first kappa shape index (κ1) is 17.8. The molecule has 0 atom stereocenters. The summed E-state index contributed by atoms with van der Waals surface area (Å²) in [5, 5.41) is 2.95. The summed E-state index contributed by atoms with van der Waals surface area (Å²) in [4.78, 5) is 17.3. The Labute approximate surface area is 163 Å². The Morgan fingerprint density at radius 1 is 1.04 bits per heavy atom. The summed E-state index contributed by atoms with van der Waals surface area (Å²) < 4.78 is 7.42. The zero-order valence-electron chi connectivity index (χ0n) is 15.8. The molecule has 0 aliphatic rings. The van der Waals surface area contributed by atoms with Crippen LogP contribution in [0.4, 0.5) is 0 Å². The van der Waals surface area contributed by atoms with Gasteiger partial charge in [0.25, 0.3) is 5.91 Å². The van der Waals surface area contributed by atoms with Crippen LogP contribution in [0.5, 0.6) is 5.75 Å². The van der Waals surface area contributed by atoms with E-state index in [0.29, 0.717) is 12.1 Å². The third kappa shape index (κ3) is 3.34. The lowest BCUT2D eigenvalue weighted by molar-refractivity contribution is 0.0951. The molecule has 1 heterocycles. The minimum Gasteiger partial charge on any atom is -0.496 e. The third-order valence-electron chi connectivity index (χ3n) is 4.73. The van der Waals surface area contributed by atoms with Crippen molar-refractivity contribution in [1.29, 1.82) is 0 Å². The van der Waals surface area contributed by atoms with Crippen molar-refractivity contribution < 1.29 is 9.53 Å². The smallest absolute Gasteiger partial charge is 0.251 e. The molecule has 0 saturated heterocycles. The number of methoxy groups -OCH3 is 1. The quantitative estimate of drug-likeness (QED) is 0.570. The molecule has 140 valence electrons. The summed E-state index contributed by atoms with van der Waals surface area (Å²) in [6.07, 6.45) is 0. The second-order valence-corrected chi connectivity index (χ2v) is 6.53. The van der Waals surface area contributed by atoms with E-state index in [1.807, 2.05) is 79.7 Å². The van der Waals surface area contributed by atoms with Crippen LogP contribution in [0.3, 0.4) is 0 Å². The minimum atomic E-state index is -0.139. The first-order valence-electron chi connectivity index (χ1n) is 9.12. The molecule has 0 aliphatic heterocycles. The SMILES string of the molecule is COc1ccccc1CNC(=O)c1ccc2c(c1)nc(C)n2-c1ccccc1. The highest BCUT2D eigenvalue weighted by molar-refractivity contribution is 5.97. The highest BCUT2D eigenvalue weighted by Crippen LogP contribution is 2.22. The van der Waals surface area contributed by atoms with Crippen LogP contribution in [0.2, 0.25) is 0 Å². The highest BCUT2D eigenvalue weighted by Gasteiger charge is 2.13. The van der Waals surface area contributed by atoms with Gasteiger partial charge in [-0.05, 0) is 43.3 Å². The molecule has 3 aromatic carbocycles. The first-order chi connectivity index (χ1) is 13.7. The van der Waals surface area contributed by atoms with Crippen LogP contribution in [0.15, 0.2) is 72.8 Å². The van der Waals surface area contributed by atoms with Crippen molar-refractivity contribution in [3.8, 4) is 11.4 Å². The molecule has 4 aromatic rings. The van der Waals surface area contributed by atoms with Gasteiger partial charge in [-0.15, -0.1) is 0 Å². The van der Waals surface area contributed by atoms with Crippen molar-refractivity contribution in [2.45, 2.75) is 13.5 Å². The lowest BCUT2D eigenvalue weighted by Crippen LogP contribution is -2.23. The third-order valence-corrected chi connectivity index (χ3v) is 4.73. The number of rotatable bonds is 5. The van der Waals surface area contributed by atoms with Crippen LogP contribution in [-0.4, -0.2) is 22.6 Å². The van der Waals surface area contributed by atoms with Gasteiger partial charge in [0.2, 0.25) is 0 Å². The molecule has 0 fully saturated rings. The number of carbonyl (C=O) groups is 1. The van der Waals surface area contributed by atoms with Crippen molar-refractivity contribution in [3.05, 3.63) is 89.7 Å². The Bertz CT molecular complexity index is 1130. The Balaban J connectivity index is 1.59. The maximum atomic E-state index is 12.6. The molecule has 1 N–H and O–H groups in total. The van der Waals surface area contributed by atoms with Gasteiger partial charge in [-0.1, -0.05) is 36.4 Å². The summed E-state index contributed by atoms with van der Waals surface area (Å²) in [5.74, 6) is 1.50. The van der Waals surface area contributed by atoms with Gasteiger partial charge in [0.05, 0.1) is 18.1 Å². The lowest BCUT2D eigenvalue weighted by atomic mass is 10.1. The molecule has 0 radical (unpaired) electrons. The number of fused-ring (bicyclic) bond motifs is 1. The fraction of sp³-hybridized carbons (Fsp3) is 0.130. The van der Waals surface area contributed by atoms with Crippen LogP contribution in [0, 0.1) is 6.92 Å². The Kier molecular flexibility index (Phi) is 4.81. The Morgan fingerprint density at radius 2 is 1.79 bits per heavy atom. The van der Waals surface area contributed by atoms with E-state index in [-0.39, 0.29) is 5.91 Å². The van der Waals surface area contributed by atoms with Crippen molar-refractivity contribution in [2.24, 2.45) is 0 Å². The van der Waals surface area contributed by atoms with Crippen molar-refractivity contribution in [2.75, 3.05) is 7.11 Å². The monoisotopic (exact) mass is 371 g/mol. The van der Waals surface area contributed by atoms with Crippen LogP contribution in [0.1, 0.15) is 21.7 Å². The van der Waals surface area contributed by atoms with E-state index >= 15 is 0 Å². The predicted octanol–water partition coefficient (Wildman–Crippen LogP) is 4.27. The number of hydrogen-bond donors (Lipinski definition) is 1. The average Bonchev–Trinajstić information content (AvgIpc) is 3.07. The number of hydrogen-bond acceptors (Lipinski definition) is 3. The molecule has 1 aromatic heterocycles. The van der Waals surface area contributed by atoms with Gasteiger partial charge in [0, 0.05) is 23.4 Å². The van der Waals surface area contributed by atoms with Crippen LogP contribution < -0.4 is 10.1 Å². The maximum Gasteiger partial charge on any atom is 0.251 e. The molecule has 5 heteroatoms. The van der Waals surface area contributed by atoms with E-state index in [9.17, 15) is 4.79 Å². The topological polar surface area (TPSA) is 56.1 Å². The van der Waals surface area contributed by atoms with E-state index in [2.05, 4.69) is 14.9 Å². The number of ether oxygens (including phenoxy) is 1. The number of amides is 1. The van der Waals surface area contributed by atoms with Crippen LogP contribution in [-0.2, 0) is 6.54 Å². The van der Waals surface area contributed by atoms with Gasteiger partial charge >= 0.3 is 0 Å². The van der Waals surface area contributed by atoms with E-state index < -0.39 is 0 Å². The molecule has 5 nitrogen and oxygen atoms in total. The van der Waals surface area contributed by atoms with Crippen LogP contribution >= 0.6 is 0 Å². The fourth-order valence-electron chi connectivity index (χ4n) is 3.37. The van der Waals surface area contributed by atoms with Crippen molar-refractivity contribution in [1.82, 2.24) is 14.9 Å². The molecule has 1 amide bonds. The molecule has 0 aliphatic carbocycles. The van der Waals surface area contributed by atoms with Crippen LogP contribution in [0.25, 0.3) is 16.7 Å². The number of carbonyl (C=O) groups excluding carboxylic acids is 1. The Morgan fingerprint density at radius 3 is 2.57 bits per heavy atom. The summed E-state index contributed by atoms with van der Waals surface area (Å²) in [7, 11) is 1.62. The summed E-state index contributed by atoms with van der Waals surface area (Å²) in [5.41, 5.74) is 4.34.